The highest BCUT2D eigenvalue weighted by molar-refractivity contribution is 7.19. The summed E-state index contributed by atoms with van der Waals surface area (Å²) in [5, 5.41) is 10.1. The van der Waals surface area contributed by atoms with Crippen molar-refractivity contribution in [3.63, 3.8) is 0 Å². The Morgan fingerprint density at radius 2 is 2.30 bits per heavy atom. The number of hydrogen-bond acceptors (Lipinski definition) is 4. The molecule has 0 aliphatic heterocycles. The van der Waals surface area contributed by atoms with Gasteiger partial charge in [-0.05, 0) is 55.1 Å². The first-order valence-electron chi connectivity index (χ1n) is 7.21. The molecule has 4 rings (SSSR count). The van der Waals surface area contributed by atoms with Gasteiger partial charge in [0.15, 0.2) is 0 Å². The highest BCUT2D eigenvalue weighted by atomic mass is 32.1. The average Bonchev–Trinajstić information content (AvgIpc) is 3.14. The van der Waals surface area contributed by atoms with E-state index in [4.69, 9.17) is 16.0 Å². The number of nitrogens with zero attached hydrogens (tertiary/aromatic N) is 2. The monoisotopic (exact) mass is 283 g/mol. The number of pyridine rings is 1. The lowest BCUT2D eigenvalue weighted by atomic mass is 9.77. The number of nitriles is 1. The predicted octanol–water partition coefficient (Wildman–Crippen LogP) is 3.66. The van der Waals surface area contributed by atoms with E-state index in [1.54, 1.807) is 0 Å². The second-order valence-corrected chi connectivity index (χ2v) is 7.50. The zero-order chi connectivity index (χ0) is 13.9. The third-order valence-corrected chi connectivity index (χ3v) is 6.23. The molecule has 3 nitrogen and oxygen atoms in total. The maximum atomic E-state index is 9.09. The summed E-state index contributed by atoms with van der Waals surface area (Å²) in [6.45, 7) is 2.42. The van der Waals surface area contributed by atoms with Crippen molar-refractivity contribution in [1.82, 2.24) is 4.98 Å². The van der Waals surface area contributed by atoms with Crippen molar-refractivity contribution < 1.29 is 0 Å². The van der Waals surface area contributed by atoms with Gasteiger partial charge in [0.2, 0.25) is 0 Å². The normalized spacial score (nSPS) is 23.3. The van der Waals surface area contributed by atoms with Crippen molar-refractivity contribution in [3.05, 3.63) is 22.2 Å². The number of anilines is 1. The van der Waals surface area contributed by atoms with Gasteiger partial charge < -0.3 is 5.73 Å². The van der Waals surface area contributed by atoms with Crippen molar-refractivity contribution in [3.8, 4) is 6.07 Å². The maximum absolute atomic E-state index is 9.09. The molecule has 0 saturated heterocycles. The average molecular weight is 283 g/mol. The minimum absolute atomic E-state index is 0.574. The van der Waals surface area contributed by atoms with E-state index < -0.39 is 0 Å². The summed E-state index contributed by atoms with van der Waals surface area (Å²) < 4.78 is 0. The number of aryl methyl sites for hydroxylation is 1. The van der Waals surface area contributed by atoms with Gasteiger partial charge in [0.05, 0.1) is 5.69 Å². The lowest BCUT2D eigenvalue weighted by molar-refractivity contribution is 0.297. The smallest absolute Gasteiger partial charge is 0.130 e. The molecule has 1 atom stereocenters. The molecule has 0 bridgehead atoms. The summed E-state index contributed by atoms with van der Waals surface area (Å²) in [4.78, 5) is 6.29. The first-order valence-corrected chi connectivity index (χ1v) is 8.03. The Kier molecular flexibility index (Phi) is 2.41. The number of rotatable bonds is 1. The Bertz CT molecular complexity index is 749. The highest BCUT2D eigenvalue weighted by Gasteiger charge is 2.45. The zero-order valence-electron chi connectivity index (χ0n) is 11.6. The summed E-state index contributed by atoms with van der Waals surface area (Å²) in [7, 11) is 0. The van der Waals surface area contributed by atoms with E-state index in [0.29, 0.717) is 16.0 Å². The van der Waals surface area contributed by atoms with Crippen molar-refractivity contribution in [2.45, 2.75) is 39.0 Å². The van der Waals surface area contributed by atoms with Crippen LogP contribution in [0.3, 0.4) is 0 Å². The van der Waals surface area contributed by atoms with Crippen LogP contribution in [0.25, 0.3) is 10.2 Å². The number of thiophene rings is 1. The lowest BCUT2D eigenvalue weighted by Crippen LogP contribution is -2.22. The molecule has 1 fully saturated rings. The van der Waals surface area contributed by atoms with Crippen molar-refractivity contribution in [2.75, 3.05) is 5.73 Å². The third-order valence-electron chi connectivity index (χ3n) is 5.21. The molecule has 0 amide bonds. The van der Waals surface area contributed by atoms with Crippen LogP contribution in [0.4, 0.5) is 5.69 Å². The van der Waals surface area contributed by atoms with E-state index >= 15 is 0 Å². The van der Waals surface area contributed by atoms with E-state index in [2.05, 4.69) is 19.1 Å². The summed E-state index contributed by atoms with van der Waals surface area (Å²) in [5.41, 5.74) is 9.83. The first-order chi connectivity index (χ1) is 9.60. The van der Waals surface area contributed by atoms with Crippen molar-refractivity contribution in [2.24, 2.45) is 11.3 Å². The Balaban J connectivity index is 1.80. The van der Waals surface area contributed by atoms with E-state index in [1.807, 2.05) is 0 Å². The van der Waals surface area contributed by atoms with Crippen LogP contribution in [0.15, 0.2) is 6.07 Å². The lowest BCUT2D eigenvalue weighted by Gasteiger charge is -2.29. The second-order valence-electron chi connectivity index (χ2n) is 6.50. The van der Waals surface area contributed by atoms with Gasteiger partial charge in [0.25, 0.3) is 0 Å². The van der Waals surface area contributed by atoms with Gasteiger partial charge in [-0.15, -0.1) is 11.3 Å². The van der Waals surface area contributed by atoms with Crippen molar-refractivity contribution in [1.29, 1.82) is 5.26 Å². The summed E-state index contributed by atoms with van der Waals surface area (Å²) in [5.74, 6) is 0.796. The van der Waals surface area contributed by atoms with Crippen molar-refractivity contribution >= 4 is 27.2 Å². The number of nitrogen functional groups attached to an aromatic ring is 1. The van der Waals surface area contributed by atoms with Gasteiger partial charge in [-0.1, -0.05) is 6.92 Å². The largest absolute Gasteiger partial charge is 0.396 e. The van der Waals surface area contributed by atoms with Crippen LogP contribution in [0, 0.1) is 22.7 Å². The van der Waals surface area contributed by atoms with Gasteiger partial charge in [0.1, 0.15) is 15.8 Å². The molecular weight excluding hydrogens is 266 g/mol. The third kappa shape index (κ3) is 1.66. The van der Waals surface area contributed by atoms with Crippen LogP contribution in [0.5, 0.6) is 0 Å². The molecule has 0 aromatic carbocycles. The van der Waals surface area contributed by atoms with Gasteiger partial charge >= 0.3 is 0 Å². The fourth-order valence-electron chi connectivity index (χ4n) is 3.47. The SMILES string of the molecule is CC1(C2CCc3nc4sc(C#N)c(N)c4cc3C2)CC1. The zero-order valence-corrected chi connectivity index (χ0v) is 12.4. The minimum atomic E-state index is 0.574. The Morgan fingerprint density at radius 3 is 3.00 bits per heavy atom. The molecule has 0 spiro atoms. The molecule has 1 saturated carbocycles. The fourth-order valence-corrected chi connectivity index (χ4v) is 4.37. The Labute approximate surface area is 122 Å². The van der Waals surface area contributed by atoms with Gasteiger partial charge in [-0.25, -0.2) is 4.98 Å². The quantitative estimate of drug-likeness (QED) is 0.868. The van der Waals surface area contributed by atoms with E-state index in [-0.39, 0.29) is 0 Å². The summed E-state index contributed by atoms with van der Waals surface area (Å²) >= 11 is 1.42. The summed E-state index contributed by atoms with van der Waals surface area (Å²) in [6, 6.07) is 4.37. The van der Waals surface area contributed by atoms with Gasteiger partial charge in [-0.2, -0.15) is 5.26 Å². The fraction of sp³-hybridized carbons (Fsp3) is 0.500. The van der Waals surface area contributed by atoms with E-state index in [0.717, 1.165) is 29.0 Å². The van der Waals surface area contributed by atoms with Crippen LogP contribution in [0.2, 0.25) is 0 Å². The molecule has 2 N–H and O–H groups in total. The molecule has 20 heavy (non-hydrogen) atoms. The highest BCUT2D eigenvalue weighted by Crippen LogP contribution is 2.55. The molecule has 4 heteroatoms. The van der Waals surface area contributed by atoms with Crippen LogP contribution in [-0.2, 0) is 12.8 Å². The van der Waals surface area contributed by atoms with Gasteiger partial charge in [-0.3, -0.25) is 0 Å². The number of hydrogen-bond donors (Lipinski definition) is 1. The standard InChI is InChI=1S/C16H17N3S/c1-16(4-5-16)10-2-3-12-9(6-10)7-11-14(18)13(8-17)20-15(11)19-12/h7,10H,2-6,18H2,1H3. The maximum Gasteiger partial charge on any atom is 0.130 e. The Morgan fingerprint density at radius 1 is 1.50 bits per heavy atom. The molecule has 2 aromatic rings. The first kappa shape index (κ1) is 12.2. The predicted molar refractivity (Wildman–Crippen MR) is 81.6 cm³/mol. The number of aromatic nitrogens is 1. The molecule has 2 aromatic heterocycles. The van der Waals surface area contributed by atoms with E-state index in [1.165, 1.54) is 41.9 Å². The number of nitrogens with two attached hydrogens (primary N) is 1. The Hall–Kier alpha value is -1.60. The van der Waals surface area contributed by atoms with Crippen LogP contribution < -0.4 is 5.73 Å². The molecule has 2 heterocycles. The molecule has 0 radical (unpaired) electrons. The molecular formula is C16H17N3S. The molecule has 102 valence electrons. The van der Waals surface area contributed by atoms with E-state index in [9.17, 15) is 0 Å². The number of fused-ring (bicyclic) bond motifs is 2. The van der Waals surface area contributed by atoms with Crippen LogP contribution >= 0.6 is 11.3 Å². The van der Waals surface area contributed by atoms with Gasteiger partial charge in [0, 0.05) is 11.1 Å². The van der Waals surface area contributed by atoms with Crippen LogP contribution in [-0.4, -0.2) is 4.98 Å². The minimum Gasteiger partial charge on any atom is -0.396 e. The van der Waals surface area contributed by atoms with Crippen LogP contribution in [0.1, 0.15) is 42.3 Å². The topological polar surface area (TPSA) is 62.7 Å². The summed E-state index contributed by atoms with van der Waals surface area (Å²) in [6.07, 6.45) is 6.22. The second kappa shape index (κ2) is 3.95. The molecule has 1 unspecified atom stereocenters. The molecule has 2 aliphatic carbocycles. The molecule has 2 aliphatic rings.